The summed E-state index contributed by atoms with van der Waals surface area (Å²) in [6, 6.07) is 0. The number of rotatable bonds is 36. The summed E-state index contributed by atoms with van der Waals surface area (Å²) in [6.45, 7) is 4.16. The third kappa shape index (κ3) is 36.3. The highest BCUT2D eigenvalue weighted by atomic mass is 31.2. The summed E-state index contributed by atoms with van der Waals surface area (Å²) in [5, 5.41) is 0. The molecule has 10 heteroatoms. The number of hydrogen-bond donors (Lipinski definition) is 0. The first-order valence-electron chi connectivity index (χ1n) is 20.0. The maximum atomic E-state index is 12.6. The average Bonchev–Trinajstić information content (AvgIpc) is 3.06. The Morgan fingerprint density at radius 1 is 0.600 bits per heavy atom. The Hall–Kier alpha value is -1.51. The summed E-state index contributed by atoms with van der Waals surface area (Å²) in [6.07, 6.45) is 33.4. The number of ether oxygens (including phenoxy) is 2. The molecular weight excluding hydrogens is 653 g/mol. The molecule has 0 aromatic rings. The fraction of sp³-hybridized carbons (Fsp3) is 0.850. The van der Waals surface area contributed by atoms with Gasteiger partial charge in [-0.1, -0.05) is 115 Å². The lowest BCUT2D eigenvalue weighted by Gasteiger charge is -2.28. The standard InChI is InChI=1S/C40H76NO8P/c1-6-8-10-12-14-16-18-20-21-23-24-26-28-30-32-39(42)46-36-38(37-48-50(44,45)47-35-34-41(3,4)5)49-40(43)33-31-29-27-25-22-19-17-15-13-11-9-7-2/h15,17-18,20,38H,6-14,16,19,21-37H2,1-5H3/b17-15+,20-18+/t38-/m1/s1. The highest BCUT2D eigenvalue weighted by Crippen LogP contribution is 2.38. The minimum atomic E-state index is -4.62. The highest BCUT2D eigenvalue weighted by molar-refractivity contribution is 7.45. The van der Waals surface area contributed by atoms with Crippen LogP contribution in [0.25, 0.3) is 0 Å². The van der Waals surface area contributed by atoms with Crippen molar-refractivity contribution in [3.05, 3.63) is 24.3 Å². The number of esters is 2. The molecule has 0 amide bonds. The summed E-state index contributed by atoms with van der Waals surface area (Å²) in [5.41, 5.74) is 0. The molecule has 0 aliphatic heterocycles. The van der Waals surface area contributed by atoms with Gasteiger partial charge in [0, 0.05) is 12.8 Å². The number of nitrogens with zero attached hydrogens (tertiary/aromatic N) is 1. The van der Waals surface area contributed by atoms with Crippen molar-refractivity contribution in [3.63, 3.8) is 0 Å². The lowest BCUT2D eigenvalue weighted by molar-refractivity contribution is -0.870. The van der Waals surface area contributed by atoms with Crippen LogP contribution in [0.5, 0.6) is 0 Å². The number of unbranched alkanes of at least 4 members (excludes halogenated alkanes) is 18. The Morgan fingerprint density at radius 3 is 1.52 bits per heavy atom. The monoisotopic (exact) mass is 730 g/mol. The van der Waals surface area contributed by atoms with Crippen LogP contribution in [0.4, 0.5) is 0 Å². The van der Waals surface area contributed by atoms with Crippen molar-refractivity contribution in [1.29, 1.82) is 0 Å². The molecule has 0 radical (unpaired) electrons. The van der Waals surface area contributed by atoms with Gasteiger partial charge in [0.05, 0.1) is 27.7 Å². The summed E-state index contributed by atoms with van der Waals surface area (Å²) in [5.74, 6) is -0.855. The Morgan fingerprint density at radius 2 is 1.02 bits per heavy atom. The van der Waals surface area contributed by atoms with E-state index < -0.39 is 32.5 Å². The van der Waals surface area contributed by atoms with Gasteiger partial charge in [-0.3, -0.25) is 14.2 Å². The largest absolute Gasteiger partial charge is 0.756 e. The molecule has 0 fully saturated rings. The van der Waals surface area contributed by atoms with Crippen LogP contribution < -0.4 is 4.89 Å². The Bertz CT molecular complexity index is 918. The minimum Gasteiger partial charge on any atom is -0.756 e. The molecule has 294 valence electrons. The predicted molar refractivity (Wildman–Crippen MR) is 204 cm³/mol. The van der Waals surface area contributed by atoms with Crippen molar-refractivity contribution in [2.75, 3.05) is 47.5 Å². The smallest absolute Gasteiger partial charge is 0.306 e. The van der Waals surface area contributed by atoms with E-state index >= 15 is 0 Å². The molecule has 0 rings (SSSR count). The fourth-order valence-electron chi connectivity index (χ4n) is 5.23. The van der Waals surface area contributed by atoms with E-state index in [1.807, 2.05) is 21.1 Å². The van der Waals surface area contributed by atoms with Crippen LogP contribution >= 0.6 is 7.82 Å². The third-order valence-electron chi connectivity index (χ3n) is 8.44. The molecule has 9 nitrogen and oxygen atoms in total. The van der Waals surface area contributed by atoms with E-state index in [0.29, 0.717) is 17.4 Å². The number of carbonyl (C=O) groups is 2. The highest BCUT2D eigenvalue weighted by Gasteiger charge is 2.21. The van der Waals surface area contributed by atoms with Crippen molar-refractivity contribution in [3.8, 4) is 0 Å². The number of likely N-dealkylation sites (N-methyl/N-ethyl adjacent to an activating group) is 1. The van der Waals surface area contributed by atoms with Gasteiger partial charge >= 0.3 is 11.9 Å². The van der Waals surface area contributed by atoms with Gasteiger partial charge in [0.2, 0.25) is 0 Å². The van der Waals surface area contributed by atoms with E-state index in [4.69, 9.17) is 18.5 Å². The van der Waals surface area contributed by atoms with Gasteiger partial charge in [-0.15, -0.1) is 0 Å². The normalized spacial score (nSPS) is 14.0. The molecule has 0 aromatic carbocycles. The van der Waals surface area contributed by atoms with Gasteiger partial charge in [-0.05, 0) is 64.2 Å². The summed E-state index contributed by atoms with van der Waals surface area (Å²) >= 11 is 0. The summed E-state index contributed by atoms with van der Waals surface area (Å²) < 4.78 is 33.8. The number of allylic oxidation sites excluding steroid dienone is 4. The van der Waals surface area contributed by atoms with Crippen molar-refractivity contribution < 1.29 is 42.1 Å². The SMILES string of the molecule is CCCCC/C=C/CCCCCCCC(=O)O[C@H](COC(=O)CCCCCCC/C=C/CCCCCCC)COP(=O)([O-])OCC[N+](C)(C)C. The van der Waals surface area contributed by atoms with Crippen molar-refractivity contribution in [2.45, 2.75) is 174 Å². The van der Waals surface area contributed by atoms with Crippen LogP contribution in [0.3, 0.4) is 0 Å². The molecule has 0 heterocycles. The molecule has 2 atom stereocenters. The molecule has 0 bridgehead atoms. The van der Waals surface area contributed by atoms with E-state index in [1.54, 1.807) is 0 Å². The van der Waals surface area contributed by atoms with E-state index in [9.17, 15) is 19.0 Å². The lowest BCUT2D eigenvalue weighted by Crippen LogP contribution is -2.37. The summed E-state index contributed by atoms with van der Waals surface area (Å²) in [7, 11) is 1.15. The first kappa shape index (κ1) is 48.5. The molecule has 0 aliphatic rings. The zero-order chi connectivity index (χ0) is 37.2. The van der Waals surface area contributed by atoms with E-state index in [2.05, 4.69) is 38.2 Å². The van der Waals surface area contributed by atoms with Gasteiger partial charge in [0.1, 0.15) is 19.8 Å². The van der Waals surface area contributed by atoms with Crippen LogP contribution in [-0.2, 0) is 32.7 Å². The van der Waals surface area contributed by atoms with Gasteiger partial charge in [-0.2, -0.15) is 0 Å². The topological polar surface area (TPSA) is 111 Å². The van der Waals surface area contributed by atoms with Crippen LogP contribution in [0.15, 0.2) is 24.3 Å². The molecule has 0 aromatic heterocycles. The van der Waals surface area contributed by atoms with Gasteiger partial charge in [0.25, 0.3) is 7.82 Å². The fourth-order valence-corrected chi connectivity index (χ4v) is 5.96. The second-order valence-corrected chi connectivity index (χ2v) is 16.1. The molecule has 1 unspecified atom stereocenters. The molecule has 0 saturated heterocycles. The van der Waals surface area contributed by atoms with Crippen LogP contribution in [0.2, 0.25) is 0 Å². The van der Waals surface area contributed by atoms with Gasteiger partial charge in [0.15, 0.2) is 6.10 Å². The molecule has 0 aliphatic carbocycles. The number of quaternary nitrogens is 1. The number of carbonyl (C=O) groups excluding carboxylic acids is 2. The van der Waals surface area contributed by atoms with E-state index in [1.165, 1.54) is 57.8 Å². The van der Waals surface area contributed by atoms with Crippen LogP contribution in [0.1, 0.15) is 168 Å². The second-order valence-electron chi connectivity index (χ2n) is 14.6. The molecule has 0 N–H and O–H groups in total. The van der Waals surface area contributed by atoms with Gasteiger partial charge < -0.3 is 27.9 Å². The maximum Gasteiger partial charge on any atom is 0.306 e. The molecular formula is C40H76NO8P. The Balaban J connectivity index is 4.43. The van der Waals surface area contributed by atoms with Crippen LogP contribution in [-0.4, -0.2) is 70.0 Å². The Labute approximate surface area is 307 Å². The third-order valence-corrected chi connectivity index (χ3v) is 9.41. The first-order valence-corrected chi connectivity index (χ1v) is 21.5. The number of phosphoric acid groups is 1. The molecule has 50 heavy (non-hydrogen) atoms. The second kappa shape index (κ2) is 33.3. The lowest BCUT2D eigenvalue weighted by atomic mass is 10.1. The molecule has 0 spiro atoms. The molecule has 0 saturated carbocycles. The van der Waals surface area contributed by atoms with Crippen molar-refractivity contribution in [2.24, 2.45) is 0 Å². The van der Waals surface area contributed by atoms with Crippen molar-refractivity contribution >= 4 is 19.8 Å². The first-order chi connectivity index (χ1) is 24.0. The zero-order valence-electron chi connectivity index (χ0n) is 32.8. The summed E-state index contributed by atoms with van der Waals surface area (Å²) in [4.78, 5) is 37.3. The quantitative estimate of drug-likeness (QED) is 0.0206. The predicted octanol–water partition coefficient (Wildman–Crippen LogP) is 10.2. The zero-order valence-corrected chi connectivity index (χ0v) is 33.7. The Kier molecular flexibility index (Phi) is 32.3. The number of phosphoric ester groups is 1. The average molecular weight is 730 g/mol. The minimum absolute atomic E-state index is 0.0329. The van der Waals surface area contributed by atoms with Crippen molar-refractivity contribution in [1.82, 2.24) is 0 Å². The van der Waals surface area contributed by atoms with Gasteiger partial charge in [-0.25, -0.2) is 0 Å². The maximum absolute atomic E-state index is 12.6. The van der Waals surface area contributed by atoms with E-state index in [-0.39, 0.29) is 26.1 Å². The van der Waals surface area contributed by atoms with Crippen LogP contribution in [0, 0.1) is 0 Å². The van der Waals surface area contributed by atoms with E-state index in [0.717, 1.165) is 77.0 Å². The number of hydrogen-bond acceptors (Lipinski definition) is 8.